The second kappa shape index (κ2) is 8.76. The Hall–Kier alpha value is -2.78. The van der Waals surface area contributed by atoms with Crippen LogP contribution in [0.3, 0.4) is 0 Å². The summed E-state index contributed by atoms with van der Waals surface area (Å²) in [6.07, 6.45) is 2.00. The van der Waals surface area contributed by atoms with Crippen LogP contribution in [-0.2, 0) is 16.3 Å². The van der Waals surface area contributed by atoms with Gasteiger partial charge in [-0.25, -0.2) is 13.4 Å². The summed E-state index contributed by atoms with van der Waals surface area (Å²) in [5.41, 5.74) is 3.19. The molecule has 1 fully saturated rings. The van der Waals surface area contributed by atoms with Gasteiger partial charge in [0, 0.05) is 36.2 Å². The number of aromatic nitrogens is 1. The molecule has 0 bridgehead atoms. The van der Waals surface area contributed by atoms with E-state index in [1.54, 1.807) is 11.3 Å². The Morgan fingerprint density at radius 2 is 1.74 bits per heavy atom. The van der Waals surface area contributed by atoms with Crippen LogP contribution < -0.4 is 4.90 Å². The van der Waals surface area contributed by atoms with Crippen molar-refractivity contribution in [3.8, 4) is 11.3 Å². The van der Waals surface area contributed by atoms with Crippen molar-refractivity contribution < 1.29 is 13.3 Å². The van der Waals surface area contributed by atoms with Crippen LogP contribution in [0.4, 0.5) is 10.8 Å². The number of nitro benzene ring substituents is 1. The number of aryl methyl sites for hydroxylation is 1. The first-order valence-corrected chi connectivity index (χ1v) is 12.6. The van der Waals surface area contributed by atoms with Crippen molar-refractivity contribution >= 4 is 32.0 Å². The number of hydrogen-bond acceptors (Lipinski definition) is 7. The summed E-state index contributed by atoms with van der Waals surface area (Å²) in [6, 6.07) is 13.5. The van der Waals surface area contributed by atoms with E-state index in [0.29, 0.717) is 25.9 Å². The van der Waals surface area contributed by atoms with E-state index in [1.165, 1.54) is 29.8 Å². The van der Waals surface area contributed by atoms with Crippen LogP contribution >= 0.6 is 11.3 Å². The number of benzene rings is 2. The third-order valence-electron chi connectivity index (χ3n) is 5.68. The van der Waals surface area contributed by atoms with Gasteiger partial charge in [0.05, 0.1) is 20.8 Å². The predicted octanol–water partition coefficient (Wildman–Crippen LogP) is 4.72. The molecule has 0 radical (unpaired) electrons. The van der Waals surface area contributed by atoms with Crippen LogP contribution in [0.15, 0.2) is 58.8 Å². The molecule has 3 aromatic rings. The Morgan fingerprint density at radius 1 is 1.10 bits per heavy atom. The minimum Gasteiger partial charge on any atom is -0.348 e. The third-order valence-corrected chi connectivity index (χ3v) is 8.86. The number of rotatable bonds is 6. The van der Waals surface area contributed by atoms with Gasteiger partial charge in [-0.2, -0.15) is 0 Å². The number of thiazole rings is 1. The topological polar surface area (TPSA) is 93.4 Å². The minimum absolute atomic E-state index is 0.113. The molecule has 2 aromatic carbocycles. The van der Waals surface area contributed by atoms with Gasteiger partial charge < -0.3 is 4.90 Å². The summed E-state index contributed by atoms with van der Waals surface area (Å²) < 4.78 is 25.9. The fraction of sp³-hybridized carbons (Fsp3) is 0.318. The van der Waals surface area contributed by atoms with E-state index in [-0.39, 0.29) is 10.6 Å². The molecule has 7 nitrogen and oxygen atoms in total. The Morgan fingerprint density at radius 3 is 2.32 bits per heavy atom. The lowest BCUT2D eigenvalue weighted by Gasteiger charge is -2.31. The molecule has 9 heteroatoms. The van der Waals surface area contributed by atoms with Crippen molar-refractivity contribution in [1.82, 2.24) is 4.98 Å². The maximum absolute atomic E-state index is 13.0. The molecule has 2 heterocycles. The van der Waals surface area contributed by atoms with Crippen molar-refractivity contribution in [3.05, 3.63) is 69.6 Å². The first-order chi connectivity index (χ1) is 14.9. The molecule has 1 aromatic heterocycles. The molecule has 0 aliphatic carbocycles. The molecule has 0 N–H and O–H groups in total. The number of sulfone groups is 1. The Labute approximate surface area is 185 Å². The fourth-order valence-electron chi connectivity index (χ4n) is 3.76. The van der Waals surface area contributed by atoms with E-state index in [4.69, 9.17) is 4.98 Å². The number of nitrogens with zero attached hydrogens (tertiary/aromatic N) is 3. The van der Waals surface area contributed by atoms with Gasteiger partial charge in [0.25, 0.3) is 5.69 Å². The smallest absolute Gasteiger partial charge is 0.269 e. The lowest BCUT2D eigenvalue weighted by Crippen LogP contribution is -2.39. The van der Waals surface area contributed by atoms with Gasteiger partial charge in [-0.05, 0) is 37.0 Å². The maximum Gasteiger partial charge on any atom is 0.269 e. The lowest BCUT2D eigenvalue weighted by atomic mass is 10.1. The highest BCUT2D eigenvalue weighted by atomic mass is 32.2. The van der Waals surface area contributed by atoms with Crippen molar-refractivity contribution in [1.29, 1.82) is 0 Å². The largest absolute Gasteiger partial charge is 0.348 e. The molecule has 0 saturated carbocycles. The molecule has 1 aliphatic rings. The molecule has 1 aliphatic heterocycles. The van der Waals surface area contributed by atoms with Gasteiger partial charge in [-0.15, -0.1) is 11.3 Å². The van der Waals surface area contributed by atoms with E-state index >= 15 is 0 Å². The number of hydrogen-bond donors (Lipinski definition) is 0. The lowest BCUT2D eigenvalue weighted by molar-refractivity contribution is -0.384. The monoisotopic (exact) mass is 457 g/mol. The average Bonchev–Trinajstić information content (AvgIpc) is 3.29. The van der Waals surface area contributed by atoms with Gasteiger partial charge in [0.2, 0.25) is 0 Å². The van der Waals surface area contributed by atoms with E-state index in [0.717, 1.165) is 22.8 Å². The first-order valence-electron chi connectivity index (χ1n) is 10.2. The van der Waals surface area contributed by atoms with Crippen LogP contribution in [0.5, 0.6) is 0 Å². The average molecular weight is 458 g/mol. The van der Waals surface area contributed by atoms with Gasteiger partial charge in [-0.1, -0.05) is 31.2 Å². The quantitative estimate of drug-likeness (QED) is 0.393. The molecule has 1 saturated heterocycles. The van der Waals surface area contributed by atoms with Crippen molar-refractivity contribution in [2.24, 2.45) is 0 Å². The van der Waals surface area contributed by atoms with Crippen LogP contribution in [0.25, 0.3) is 11.3 Å². The minimum atomic E-state index is -3.52. The zero-order valence-electron chi connectivity index (χ0n) is 17.1. The van der Waals surface area contributed by atoms with Gasteiger partial charge >= 0.3 is 0 Å². The van der Waals surface area contributed by atoms with E-state index < -0.39 is 20.0 Å². The zero-order chi connectivity index (χ0) is 22.0. The number of non-ortho nitro benzene ring substituents is 1. The highest BCUT2D eigenvalue weighted by Gasteiger charge is 2.32. The molecule has 0 atom stereocenters. The summed E-state index contributed by atoms with van der Waals surface area (Å²) >= 11 is 1.57. The summed E-state index contributed by atoms with van der Waals surface area (Å²) in [6.45, 7) is 3.35. The van der Waals surface area contributed by atoms with E-state index in [2.05, 4.69) is 36.1 Å². The highest BCUT2D eigenvalue weighted by Crippen LogP contribution is 2.32. The maximum atomic E-state index is 13.0. The molecule has 0 spiro atoms. The molecular formula is C22H23N3O4S2. The van der Waals surface area contributed by atoms with Crippen LogP contribution in [-0.4, -0.2) is 36.7 Å². The molecular weight excluding hydrogens is 434 g/mol. The zero-order valence-corrected chi connectivity index (χ0v) is 18.7. The number of nitro groups is 1. The van der Waals surface area contributed by atoms with Gasteiger partial charge in [0.1, 0.15) is 0 Å². The second-order valence-electron chi connectivity index (χ2n) is 7.55. The standard InChI is InChI=1S/C22H23N3O4S2/c1-2-16-3-5-17(6-4-16)21-15-30-22(23-21)24-13-11-20(12-14-24)31(28,29)19-9-7-18(8-10-19)25(26)27/h3-10,15,20H,2,11-14H2,1H3. The predicted molar refractivity (Wildman–Crippen MR) is 122 cm³/mol. The number of anilines is 1. The second-order valence-corrected chi connectivity index (χ2v) is 10.6. The summed E-state index contributed by atoms with van der Waals surface area (Å²) in [4.78, 5) is 17.3. The third kappa shape index (κ3) is 4.47. The Kier molecular flexibility index (Phi) is 6.06. The fourth-order valence-corrected chi connectivity index (χ4v) is 6.38. The van der Waals surface area contributed by atoms with E-state index in [9.17, 15) is 18.5 Å². The SMILES string of the molecule is CCc1ccc(-c2csc(N3CCC(S(=O)(=O)c4ccc([N+](=O)[O-])cc4)CC3)n2)cc1. The Balaban J connectivity index is 1.42. The van der Waals surface area contributed by atoms with Crippen LogP contribution in [0.1, 0.15) is 25.3 Å². The molecule has 31 heavy (non-hydrogen) atoms. The summed E-state index contributed by atoms with van der Waals surface area (Å²) in [7, 11) is -3.52. The van der Waals surface area contributed by atoms with Crippen molar-refractivity contribution in [3.63, 3.8) is 0 Å². The van der Waals surface area contributed by atoms with Crippen LogP contribution in [0, 0.1) is 10.1 Å². The summed E-state index contributed by atoms with van der Waals surface area (Å²) in [5, 5.41) is 13.2. The van der Waals surface area contributed by atoms with Crippen molar-refractivity contribution in [2.45, 2.75) is 36.3 Å². The van der Waals surface area contributed by atoms with Gasteiger partial charge in [0.15, 0.2) is 15.0 Å². The van der Waals surface area contributed by atoms with Gasteiger partial charge in [-0.3, -0.25) is 10.1 Å². The summed E-state index contributed by atoms with van der Waals surface area (Å²) in [5.74, 6) is 0. The van der Waals surface area contributed by atoms with Crippen LogP contribution in [0.2, 0.25) is 0 Å². The Bertz CT molecular complexity index is 1160. The molecule has 0 amide bonds. The molecule has 162 valence electrons. The molecule has 0 unspecified atom stereocenters. The highest BCUT2D eigenvalue weighted by molar-refractivity contribution is 7.92. The number of piperidine rings is 1. The van der Waals surface area contributed by atoms with Crippen molar-refractivity contribution in [2.75, 3.05) is 18.0 Å². The normalized spacial score (nSPS) is 15.2. The molecule has 4 rings (SSSR count). The first kappa shape index (κ1) is 21.5. The van der Waals surface area contributed by atoms with E-state index in [1.807, 2.05) is 5.38 Å².